The van der Waals surface area contributed by atoms with Crippen molar-refractivity contribution in [3.8, 4) is 0 Å². The van der Waals surface area contributed by atoms with Crippen LogP contribution >= 0.6 is 0 Å². The van der Waals surface area contributed by atoms with Gasteiger partial charge in [0.25, 0.3) is 0 Å². The molecule has 0 aliphatic rings. The summed E-state index contributed by atoms with van der Waals surface area (Å²) in [7, 11) is 1.18. The van der Waals surface area contributed by atoms with Crippen molar-refractivity contribution in [2.75, 3.05) is 7.11 Å². The van der Waals surface area contributed by atoms with Gasteiger partial charge in [-0.25, -0.2) is 4.79 Å². The topological polar surface area (TPSA) is 113 Å². The lowest BCUT2D eigenvalue weighted by atomic mass is 10.1. The first kappa shape index (κ1) is 15.6. The Labute approximate surface area is 115 Å². The first-order chi connectivity index (χ1) is 9.42. The molecule has 1 rings (SSSR count). The molecule has 1 aromatic carbocycles. The number of hydrogen-bond acceptors (Lipinski definition) is 4. The van der Waals surface area contributed by atoms with Gasteiger partial charge in [-0.3, -0.25) is 9.59 Å². The predicted octanol–water partition coefficient (Wildman–Crippen LogP) is 0.0295. The molecule has 1 atom stereocenters. The van der Waals surface area contributed by atoms with Crippen molar-refractivity contribution in [2.45, 2.75) is 19.1 Å². The molecule has 0 fully saturated rings. The molecule has 0 bridgehead atoms. The number of carboxylic acid groups (broad SMARTS) is 2. The van der Waals surface area contributed by atoms with E-state index in [1.165, 1.54) is 7.11 Å². The molecule has 0 heterocycles. The molecular formula is C13H15NO6. The number of hydrogen-bond donors (Lipinski definition) is 3. The van der Waals surface area contributed by atoms with Gasteiger partial charge >= 0.3 is 11.9 Å². The largest absolute Gasteiger partial charge is 0.481 e. The zero-order chi connectivity index (χ0) is 15.1. The van der Waals surface area contributed by atoms with Gasteiger partial charge in [0, 0.05) is 7.11 Å². The summed E-state index contributed by atoms with van der Waals surface area (Å²) in [5.74, 6) is -2.71. The number of carboxylic acids is 2. The summed E-state index contributed by atoms with van der Waals surface area (Å²) in [4.78, 5) is 32.8. The molecule has 3 N–H and O–H groups in total. The average molecular weight is 281 g/mol. The smallest absolute Gasteiger partial charge is 0.354 e. The third-order valence-electron chi connectivity index (χ3n) is 2.50. The van der Waals surface area contributed by atoms with Crippen molar-refractivity contribution in [2.24, 2.45) is 0 Å². The number of rotatable bonds is 7. The normalized spacial score (nSPS) is 11.7. The van der Waals surface area contributed by atoms with E-state index in [0.29, 0.717) is 11.1 Å². The Kier molecular flexibility index (Phi) is 5.67. The summed E-state index contributed by atoms with van der Waals surface area (Å²) in [6.07, 6.45) is -1.48. The highest BCUT2D eigenvalue weighted by Crippen LogP contribution is 2.06. The Balaban J connectivity index is 2.58. The second-order valence-corrected chi connectivity index (χ2v) is 4.09. The number of aliphatic carboxylic acids is 2. The maximum Gasteiger partial charge on any atom is 0.354 e. The number of amides is 1. The molecule has 0 aliphatic heterocycles. The molecule has 108 valence electrons. The molecule has 0 saturated carbocycles. The van der Waals surface area contributed by atoms with E-state index in [1.54, 1.807) is 24.3 Å². The SMILES string of the molecule is COC(NC(=O)Cc1ccc(CC(=O)O)cc1)C(=O)O. The molecule has 0 aliphatic carbocycles. The Morgan fingerprint density at radius 1 is 1.10 bits per heavy atom. The second kappa shape index (κ2) is 7.25. The van der Waals surface area contributed by atoms with Gasteiger partial charge in [-0.1, -0.05) is 24.3 Å². The van der Waals surface area contributed by atoms with Gasteiger partial charge in [0.05, 0.1) is 12.8 Å². The van der Waals surface area contributed by atoms with E-state index >= 15 is 0 Å². The van der Waals surface area contributed by atoms with Crippen LogP contribution in [-0.4, -0.2) is 41.4 Å². The number of carbonyl (C=O) groups excluding carboxylic acids is 1. The third kappa shape index (κ3) is 5.07. The van der Waals surface area contributed by atoms with E-state index in [9.17, 15) is 14.4 Å². The van der Waals surface area contributed by atoms with Crippen LogP contribution in [0, 0.1) is 0 Å². The van der Waals surface area contributed by atoms with Crippen LogP contribution in [0.15, 0.2) is 24.3 Å². The summed E-state index contributed by atoms with van der Waals surface area (Å²) in [5, 5.41) is 19.5. The Morgan fingerprint density at radius 3 is 2.00 bits per heavy atom. The molecule has 0 aromatic heterocycles. The molecule has 1 aromatic rings. The van der Waals surface area contributed by atoms with Gasteiger partial charge in [0.15, 0.2) is 0 Å². The number of ether oxygens (including phenoxy) is 1. The molecule has 0 spiro atoms. The minimum Gasteiger partial charge on any atom is -0.481 e. The zero-order valence-electron chi connectivity index (χ0n) is 10.8. The van der Waals surface area contributed by atoms with Gasteiger partial charge in [0.2, 0.25) is 12.1 Å². The molecule has 7 nitrogen and oxygen atoms in total. The molecule has 0 radical (unpaired) electrons. The first-order valence-corrected chi connectivity index (χ1v) is 5.77. The fourth-order valence-electron chi connectivity index (χ4n) is 1.55. The summed E-state index contributed by atoms with van der Waals surface area (Å²) in [6, 6.07) is 6.48. The minimum absolute atomic E-state index is 0.0134. The van der Waals surface area contributed by atoms with Crippen LogP contribution in [0.4, 0.5) is 0 Å². The number of carbonyl (C=O) groups is 3. The monoisotopic (exact) mass is 281 g/mol. The van der Waals surface area contributed by atoms with Crippen molar-refractivity contribution in [3.63, 3.8) is 0 Å². The maximum absolute atomic E-state index is 11.6. The van der Waals surface area contributed by atoms with E-state index in [0.717, 1.165) is 0 Å². The molecule has 7 heteroatoms. The van der Waals surface area contributed by atoms with Crippen LogP contribution in [-0.2, 0) is 32.0 Å². The van der Waals surface area contributed by atoms with Gasteiger partial charge in [0.1, 0.15) is 0 Å². The predicted molar refractivity (Wildman–Crippen MR) is 68.1 cm³/mol. The summed E-state index contributed by atoms with van der Waals surface area (Å²) < 4.78 is 4.59. The van der Waals surface area contributed by atoms with Crippen molar-refractivity contribution in [1.82, 2.24) is 5.32 Å². The first-order valence-electron chi connectivity index (χ1n) is 5.77. The number of methoxy groups -OCH3 is 1. The van der Waals surface area contributed by atoms with Crippen molar-refractivity contribution in [3.05, 3.63) is 35.4 Å². The zero-order valence-corrected chi connectivity index (χ0v) is 10.8. The summed E-state index contributed by atoms with van der Waals surface area (Å²) in [5.41, 5.74) is 1.28. The standard InChI is InChI=1S/C13H15NO6/c1-20-12(13(18)19)14-10(15)6-8-2-4-9(5-3-8)7-11(16)17/h2-5,12H,6-7H2,1H3,(H,14,15)(H,16,17)(H,18,19). The third-order valence-corrected chi connectivity index (χ3v) is 2.50. The van der Waals surface area contributed by atoms with E-state index in [2.05, 4.69) is 10.1 Å². The second-order valence-electron chi connectivity index (χ2n) is 4.09. The van der Waals surface area contributed by atoms with Crippen molar-refractivity contribution in [1.29, 1.82) is 0 Å². The van der Waals surface area contributed by atoms with Gasteiger partial charge in [-0.05, 0) is 11.1 Å². The van der Waals surface area contributed by atoms with E-state index < -0.39 is 24.1 Å². The van der Waals surface area contributed by atoms with Crippen LogP contribution in [0.5, 0.6) is 0 Å². The van der Waals surface area contributed by atoms with E-state index in [1.807, 2.05) is 0 Å². The Bertz CT molecular complexity index is 496. The maximum atomic E-state index is 11.6. The highest BCUT2D eigenvalue weighted by atomic mass is 16.5. The van der Waals surface area contributed by atoms with Crippen LogP contribution in [0.1, 0.15) is 11.1 Å². The van der Waals surface area contributed by atoms with Gasteiger partial charge in [-0.2, -0.15) is 0 Å². The summed E-state index contributed by atoms with van der Waals surface area (Å²) >= 11 is 0. The average Bonchev–Trinajstić information content (AvgIpc) is 2.37. The molecule has 1 amide bonds. The van der Waals surface area contributed by atoms with Crippen LogP contribution in [0.25, 0.3) is 0 Å². The fourth-order valence-corrected chi connectivity index (χ4v) is 1.55. The lowest BCUT2D eigenvalue weighted by molar-refractivity contribution is -0.153. The quantitative estimate of drug-likeness (QED) is 0.608. The van der Waals surface area contributed by atoms with Gasteiger partial charge < -0.3 is 20.3 Å². The van der Waals surface area contributed by atoms with E-state index in [4.69, 9.17) is 10.2 Å². The lowest BCUT2D eigenvalue weighted by Crippen LogP contribution is -2.42. The van der Waals surface area contributed by atoms with E-state index in [-0.39, 0.29) is 12.8 Å². The molecule has 0 saturated heterocycles. The van der Waals surface area contributed by atoms with Crippen LogP contribution in [0.3, 0.4) is 0 Å². The summed E-state index contributed by atoms with van der Waals surface area (Å²) in [6.45, 7) is 0. The van der Waals surface area contributed by atoms with Crippen LogP contribution in [0.2, 0.25) is 0 Å². The van der Waals surface area contributed by atoms with Crippen LogP contribution < -0.4 is 5.32 Å². The Morgan fingerprint density at radius 2 is 1.60 bits per heavy atom. The van der Waals surface area contributed by atoms with Crippen molar-refractivity contribution < 1.29 is 29.3 Å². The van der Waals surface area contributed by atoms with Crippen molar-refractivity contribution >= 4 is 17.8 Å². The Hall–Kier alpha value is -2.41. The highest BCUT2D eigenvalue weighted by Gasteiger charge is 2.18. The fraction of sp³-hybridized carbons (Fsp3) is 0.308. The van der Waals surface area contributed by atoms with Gasteiger partial charge in [-0.15, -0.1) is 0 Å². The molecule has 1 unspecified atom stereocenters. The highest BCUT2D eigenvalue weighted by molar-refractivity contribution is 5.84. The minimum atomic E-state index is -1.38. The number of benzene rings is 1. The number of nitrogens with one attached hydrogen (secondary N) is 1. The molecular weight excluding hydrogens is 266 g/mol. The lowest BCUT2D eigenvalue weighted by Gasteiger charge is -2.12. The molecule has 20 heavy (non-hydrogen) atoms.